The topological polar surface area (TPSA) is 81.1 Å². The minimum absolute atomic E-state index is 0.0730. The molecule has 0 aromatic carbocycles. The van der Waals surface area contributed by atoms with Crippen LogP contribution in [0.2, 0.25) is 0 Å². The van der Waals surface area contributed by atoms with E-state index in [2.05, 4.69) is 46.3 Å². The maximum absolute atomic E-state index is 5.61. The number of fused-ring (bicyclic) bond motifs is 1. The Labute approximate surface area is 140 Å². The molecule has 1 aliphatic rings. The van der Waals surface area contributed by atoms with Gasteiger partial charge in [0.2, 0.25) is 11.7 Å². The van der Waals surface area contributed by atoms with Gasteiger partial charge < -0.3 is 9.84 Å². The monoisotopic (exact) mass is 326 g/mol. The molecule has 3 aromatic heterocycles. The summed E-state index contributed by atoms with van der Waals surface area (Å²) in [4.78, 5) is 9.26. The predicted molar refractivity (Wildman–Crippen MR) is 89.8 cm³/mol. The second kappa shape index (κ2) is 4.86. The maximum Gasteiger partial charge on any atom is 0.234 e. The van der Waals surface area contributed by atoms with Crippen molar-refractivity contribution in [1.29, 1.82) is 0 Å². The standard InChI is InChI=1S/C17H22N6O/c1-10-6-11(2)23-14(20-10)12(7-19-23)13-21-15(24-22-13)17(5)8-16(3,4)18-9-17/h6-7,18H,8-9H2,1-5H3. The Balaban J connectivity index is 1.76. The van der Waals surface area contributed by atoms with Gasteiger partial charge in [-0.3, -0.25) is 0 Å². The van der Waals surface area contributed by atoms with Gasteiger partial charge in [-0.1, -0.05) is 5.16 Å². The normalized spacial score (nSPS) is 23.2. The molecule has 1 N–H and O–H groups in total. The maximum atomic E-state index is 5.61. The highest BCUT2D eigenvalue weighted by atomic mass is 16.5. The van der Waals surface area contributed by atoms with E-state index >= 15 is 0 Å². The van der Waals surface area contributed by atoms with Crippen LogP contribution in [-0.2, 0) is 5.41 Å². The van der Waals surface area contributed by atoms with Crippen molar-refractivity contribution in [3.8, 4) is 11.4 Å². The second-order valence-corrected chi connectivity index (χ2v) is 7.73. The van der Waals surface area contributed by atoms with Crippen molar-refractivity contribution in [1.82, 2.24) is 30.1 Å². The SMILES string of the molecule is Cc1cc(C)n2ncc(-c3noc(C4(C)CNC(C)(C)C4)n3)c2n1. The van der Waals surface area contributed by atoms with Gasteiger partial charge in [0.1, 0.15) is 0 Å². The zero-order chi connectivity index (χ0) is 17.1. The third kappa shape index (κ3) is 2.31. The predicted octanol–water partition coefficient (Wildman–Crippen LogP) is 2.43. The van der Waals surface area contributed by atoms with Crippen molar-refractivity contribution >= 4 is 5.65 Å². The molecule has 4 rings (SSSR count). The van der Waals surface area contributed by atoms with Gasteiger partial charge in [-0.05, 0) is 47.1 Å². The summed E-state index contributed by atoms with van der Waals surface area (Å²) in [6.45, 7) is 11.3. The first-order chi connectivity index (χ1) is 11.3. The fourth-order valence-electron chi connectivity index (χ4n) is 3.69. The van der Waals surface area contributed by atoms with Crippen molar-refractivity contribution in [3.63, 3.8) is 0 Å². The number of aryl methyl sites for hydroxylation is 2. The van der Waals surface area contributed by atoms with E-state index in [0.29, 0.717) is 11.7 Å². The summed E-state index contributed by atoms with van der Waals surface area (Å²) < 4.78 is 7.42. The van der Waals surface area contributed by atoms with Crippen molar-refractivity contribution in [2.24, 2.45) is 0 Å². The number of nitrogens with zero attached hydrogens (tertiary/aromatic N) is 5. The molecule has 1 atom stereocenters. The molecule has 1 aliphatic heterocycles. The smallest absolute Gasteiger partial charge is 0.234 e. The molecule has 24 heavy (non-hydrogen) atoms. The van der Waals surface area contributed by atoms with E-state index in [9.17, 15) is 0 Å². The van der Waals surface area contributed by atoms with Crippen LogP contribution in [-0.4, -0.2) is 36.8 Å². The first kappa shape index (κ1) is 15.3. The number of aromatic nitrogens is 5. The Bertz CT molecular complexity index is 924. The lowest BCUT2D eigenvalue weighted by atomic mass is 9.84. The highest BCUT2D eigenvalue weighted by molar-refractivity contribution is 5.72. The Hall–Kier alpha value is -2.28. The van der Waals surface area contributed by atoms with Crippen molar-refractivity contribution in [2.75, 3.05) is 6.54 Å². The Morgan fingerprint density at radius 2 is 2.00 bits per heavy atom. The van der Waals surface area contributed by atoms with E-state index in [1.54, 1.807) is 10.7 Å². The Morgan fingerprint density at radius 1 is 1.21 bits per heavy atom. The summed E-state index contributed by atoms with van der Waals surface area (Å²) in [5.74, 6) is 1.21. The van der Waals surface area contributed by atoms with Gasteiger partial charge in [-0.15, -0.1) is 0 Å². The van der Waals surface area contributed by atoms with Gasteiger partial charge in [0.25, 0.3) is 0 Å². The molecular weight excluding hydrogens is 304 g/mol. The molecule has 126 valence electrons. The number of hydrogen-bond donors (Lipinski definition) is 1. The molecular formula is C17H22N6O. The molecule has 7 heteroatoms. The summed E-state index contributed by atoms with van der Waals surface area (Å²) in [7, 11) is 0. The van der Waals surface area contributed by atoms with Crippen molar-refractivity contribution in [2.45, 2.75) is 52.0 Å². The highest BCUT2D eigenvalue weighted by Gasteiger charge is 2.44. The molecule has 0 saturated carbocycles. The number of nitrogens with one attached hydrogen (secondary N) is 1. The second-order valence-electron chi connectivity index (χ2n) is 7.73. The van der Waals surface area contributed by atoms with E-state index in [0.717, 1.165) is 35.6 Å². The third-order valence-corrected chi connectivity index (χ3v) is 4.75. The average molecular weight is 326 g/mol. The van der Waals surface area contributed by atoms with Gasteiger partial charge in [0.05, 0.1) is 17.2 Å². The van der Waals surface area contributed by atoms with Crippen LogP contribution < -0.4 is 5.32 Å². The zero-order valence-electron chi connectivity index (χ0n) is 14.7. The van der Waals surface area contributed by atoms with E-state index in [1.165, 1.54) is 0 Å². The molecule has 0 bridgehead atoms. The quantitative estimate of drug-likeness (QED) is 0.779. The molecule has 0 amide bonds. The lowest BCUT2D eigenvalue weighted by Crippen LogP contribution is -2.31. The lowest BCUT2D eigenvalue weighted by molar-refractivity contribution is 0.297. The van der Waals surface area contributed by atoms with Crippen LogP contribution in [0.3, 0.4) is 0 Å². The minimum atomic E-state index is -0.156. The van der Waals surface area contributed by atoms with Gasteiger partial charge >= 0.3 is 0 Å². The molecule has 0 aliphatic carbocycles. The van der Waals surface area contributed by atoms with E-state index < -0.39 is 0 Å². The summed E-state index contributed by atoms with van der Waals surface area (Å²) in [5.41, 5.74) is 3.45. The van der Waals surface area contributed by atoms with Crippen LogP contribution in [0.25, 0.3) is 17.0 Å². The molecule has 7 nitrogen and oxygen atoms in total. The van der Waals surface area contributed by atoms with Crippen LogP contribution in [0.15, 0.2) is 16.8 Å². The molecule has 3 aromatic rings. The van der Waals surface area contributed by atoms with Crippen molar-refractivity contribution < 1.29 is 4.52 Å². The first-order valence-electron chi connectivity index (χ1n) is 8.19. The fraction of sp³-hybridized carbons (Fsp3) is 0.529. The largest absolute Gasteiger partial charge is 0.338 e. The van der Waals surface area contributed by atoms with E-state index in [-0.39, 0.29) is 11.0 Å². The summed E-state index contributed by atoms with van der Waals surface area (Å²) in [6.07, 6.45) is 2.70. The summed E-state index contributed by atoms with van der Waals surface area (Å²) >= 11 is 0. The van der Waals surface area contributed by atoms with Crippen LogP contribution in [0.1, 0.15) is 44.5 Å². The van der Waals surface area contributed by atoms with Gasteiger partial charge in [0, 0.05) is 23.5 Å². The summed E-state index contributed by atoms with van der Waals surface area (Å²) in [6, 6.07) is 2.00. The van der Waals surface area contributed by atoms with Crippen LogP contribution in [0, 0.1) is 13.8 Å². The van der Waals surface area contributed by atoms with Crippen LogP contribution in [0.4, 0.5) is 0 Å². The van der Waals surface area contributed by atoms with E-state index in [1.807, 2.05) is 19.9 Å². The van der Waals surface area contributed by atoms with Gasteiger partial charge in [-0.2, -0.15) is 10.1 Å². The molecule has 1 fully saturated rings. The van der Waals surface area contributed by atoms with Crippen molar-refractivity contribution in [3.05, 3.63) is 29.5 Å². The molecule has 0 spiro atoms. The Kier molecular flexibility index (Phi) is 3.09. The molecule has 4 heterocycles. The molecule has 1 saturated heterocycles. The minimum Gasteiger partial charge on any atom is -0.338 e. The highest BCUT2D eigenvalue weighted by Crippen LogP contribution is 2.37. The Morgan fingerprint density at radius 3 is 2.71 bits per heavy atom. The average Bonchev–Trinajstić information content (AvgIpc) is 3.16. The van der Waals surface area contributed by atoms with E-state index in [4.69, 9.17) is 4.52 Å². The fourth-order valence-corrected chi connectivity index (χ4v) is 3.69. The molecule has 1 unspecified atom stereocenters. The van der Waals surface area contributed by atoms with Crippen LogP contribution in [0.5, 0.6) is 0 Å². The van der Waals surface area contributed by atoms with Gasteiger partial charge in [0.15, 0.2) is 5.65 Å². The number of hydrogen-bond acceptors (Lipinski definition) is 6. The van der Waals surface area contributed by atoms with Crippen LogP contribution >= 0.6 is 0 Å². The number of rotatable bonds is 2. The zero-order valence-corrected chi connectivity index (χ0v) is 14.7. The lowest BCUT2D eigenvalue weighted by Gasteiger charge is -2.20. The molecule has 0 radical (unpaired) electrons. The van der Waals surface area contributed by atoms with Gasteiger partial charge in [-0.25, -0.2) is 9.50 Å². The summed E-state index contributed by atoms with van der Waals surface area (Å²) in [5, 5.41) is 12.1. The first-order valence-corrected chi connectivity index (χ1v) is 8.19. The third-order valence-electron chi connectivity index (χ3n) is 4.75.